The van der Waals surface area contributed by atoms with Crippen molar-refractivity contribution in [2.75, 3.05) is 11.9 Å². The lowest BCUT2D eigenvalue weighted by molar-refractivity contribution is -0.120. The van der Waals surface area contributed by atoms with Gasteiger partial charge in [0.2, 0.25) is 0 Å². The predicted octanol–water partition coefficient (Wildman–Crippen LogP) is 4.41. The van der Waals surface area contributed by atoms with Crippen LogP contribution >= 0.6 is 0 Å². The molecule has 0 fully saturated rings. The lowest BCUT2D eigenvalue weighted by Gasteiger charge is -2.21. The number of amides is 2. The molecule has 0 bridgehead atoms. The van der Waals surface area contributed by atoms with Gasteiger partial charge < -0.3 is 4.90 Å². The molecule has 2 amide bonds. The van der Waals surface area contributed by atoms with E-state index in [9.17, 15) is 9.59 Å². The maximum Gasteiger partial charge on any atom is 0.282 e. The first-order valence-electron chi connectivity index (χ1n) is 9.56. The van der Waals surface area contributed by atoms with Crippen LogP contribution in [0.15, 0.2) is 90.6 Å². The SMILES string of the molecule is Cc1cccc(N2C(=O)C(c3ccccc3)=C(N(C)Cc3ccccc3)C2=O)c1. The maximum absolute atomic E-state index is 13.4. The Balaban J connectivity index is 1.79. The lowest BCUT2D eigenvalue weighted by Crippen LogP contribution is -2.34. The molecule has 1 aliphatic rings. The minimum atomic E-state index is -0.294. The second-order valence-electron chi connectivity index (χ2n) is 7.22. The van der Waals surface area contributed by atoms with Crippen molar-refractivity contribution < 1.29 is 9.59 Å². The fourth-order valence-electron chi connectivity index (χ4n) is 3.68. The van der Waals surface area contributed by atoms with Crippen molar-refractivity contribution >= 4 is 23.1 Å². The Labute approximate surface area is 170 Å². The van der Waals surface area contributed by atoms with E-state index < -0.39 is 0 Å². The highest BCUT2D eigenvalue weighted by Gasteiger charge is 2.41. The van der Waals surface area contributed by atoms with Gasteiger partial charge in [0.15, 0.2) is 0 Å². The van der Waals surface area contributed by atoms with E-state index in [0.717, 1.165) is 16.7 Å². The Bertz CT molecular complexity index is 1090. The molecule has 1 heterocycles. The molecule has 4 heteroatoms. The highest BCUT2D eigenvalue weighted by molar-refractivity contribution is 6.45. The summed E-state index contributed by atoms with van der Waals surface area (Å²) in [6, 6.07) is 26.8. The summed E-state index contributed by atoms with van der Waals surface area (Å²) in [6.45, 7) is 2.48. The number of nitrogens with zero attached hydrogens (tertiary/aromatic N) is 2. The number of carbonyl (C=O) groups is 2. The molecule has 0 aliphatic carbocycles. The van der Waals surface area contributed by atoms with Crippen LogP contribution in [0.3, 0.4) is 0 Å². The number of rotatable bonds is 5. The molecule has 0 radical (unpaired) electrons. The molecule has 0 unspecified atom stereocenters. The number of imide groups is 1. The minimum Gasteiger partial charge on any atom is -0.365 e. The van der Waals surface area contributed by atoms with Crippen LogP contribution in [0.2, 0.25) is 0 Å². The zero-order valence-corrected chi connectivity index (χ0v) is 16.5. The number of hydrogen-bond acceptors (Lipinski definition) is 3. The standard InChI is InChI=1S/C25H22N2O2/c1-18-10-9-15-21(16-18)27-24(28)22(20-13-7-4-8-14-20)23(25(27)29)26(2)17-19-11-5-3-6-12-19/h3-16H,17H2,1-2H3. The van der Waals surface area contributed by atoms with Crippen LogP contribution in [-0.4, -0.2) is 23.8 Å². The van der Waals surface area contributed by atoms with E-state index in [4.69, 9.17) is 0 Å². The van der Waals surface area contributed by atoms with Gasteiger partial charge in [-0.2, -0.15) is 0 Å². The third-order valence-corrected chi connectivity index (χ3v) is 5.03. The third kappa shape index (κ3) is 3.57. The molecular weight excluding hydrogens is 360 g/mol. The summed E-state index contributed by atoms with van der Waals surface area (Å²) < 4.78 is 0. The zero-order chi connectivity index (χ0) is 20.4. The number of carbonyl (C=O) groups excluding carboxylic acids is 2. The molecule has 1 aliphatic heterocycles. The van der Waals surface area contributed by atoms with Gasteiger partial charge in [-0.05, 0) is 35.7 Å². The first-order chi connectivity index (χ1) is 14.1. The van der Waals surface area contributed by atoms with E-state index >= 15 is 0 Å². The van der Waals surface area contributed by atoms with Gasteiger partial charge in [-0.3, -0.25) is 9.59 Å². The number of hydrogen-bond donors (Lipinski definition) is 0. The largest absolute Gasteiger partial charge is 0.365 e. The average molecular weight is 382 g/mol. The molecule has 0 atom stereocenters. The molecule has 0 saturated carbocycles. The molecule has 29 heavy (non-hydrogen) atoms. The van der Waals surface area contributed by atoms with Crippen LogP contribution in [0.25, 0.3) is 5.57 Å². The summed E-state index contributed by atoms with van der Waals surface area (Å²) in [5.41, 5.74) is 4.27. The van der Waals surface area contributed by atoms with Gasteiger partial charge in [0.1, 0.15) is 5.70 Å². The number of aryl methyl sites for hydroxylation is 1. The fourth-order valence-corrected chi connectivity index (χ4v) is 3.68. The molecular formula is C25H22N2O2. The summed E-state index contributed by atoms with van der Waals surface area (Å²) in [6.07, 6.45) is 0. The molecule has 3 aromatic rings. The zero-order valence-electron chi connectivity index (χ0n) is 16.5. The topological polar surface area (TPSA) is 40.6 Å². The molecule has 0 saturated heterocycles. The summed E-state index contributed by atoms with van der Waals surface area (Å²) in [7, 11) is 1.86. The summed E-state index contributed by atoms with van der Waals surface area (Å²) >= 11 is 0. The van der Waals surface area contributed by atoms with E-state index in [-0.39, 0.29) is 11.8 Å². The molecule has 4 rings (SSSR count). The van der Waals surface area contributed by atoms with Crippen LogP contribution in [0.4, 0.5) is 5.69 Å². The fraction of sp³-hybridized carbons (Fsp3) is 0.120. The van der Waals surface area contributed by atoms with Crippen molar-refractivity contribution in [2.45, 2.75) is 13.5 Å². The maximum atomic E-state index is 13.4. The van der Waals surface area contributed by atoms with Gasteiger partial charge in [0, 0.05) is 13.6 Å². The number of benzene rings is 3. The molecule has 0 aromatic heterocycles. The van der Waals surface area contributed by atoms with Crippen LogP contribution in [0.5, 0.6) is 0 Å². The van der Waals surface area contributed by atoms with Gasteiger partial charge in [0.05, 0.1) is 11.3 Å². The van der Waals surface area contributed by atoms with Crippen molar-refractivity contribution in [3.8, 4) is 0 Å². The van der Waals surface area contributed by atoms with Crippen molar-refractivity contribution in [2.24, 2.45) is 0 Å². The second kappa shape index (κ2) is 7.76. The van der Waals surface area contributed by atoms with Gasteiger partial charge in [-0.15, -0.1) is 0 Å². The van der Waals surface area contributed by atoms with Gasteiger partial charge in [-0.1, -0.05) is 72.8 Å². The predicted molar refractivity (Wildman–Crippen MR) is 115 cm³/mol. The van der Waals surface area contributed by atoms with E-state index in [1.165, 1.54) is 4.90 Å². The summed E-state index contributed by atoms with van der Waals surface area (Å²) in [4.78, 5) is 30.0. The third-order valence-electron chi connectivity index (χ3n) is 5.03. The van der Waals surface area contributed by atoms with Crippen molar-refractivity contribution in [1.29, 1.82) is 0 Å². The number of likely N-dealkylation sites (N-methyl/N-ethyl adjacent to an activating group) is 1. The Hall–Kier alpha value is -3.66. The van der Waals surface area contributed by atoms with E-state index in [1.807, 2.05) is 97.7 Å². The first kappa shape index (κ1) is 18.7. The molecule has 144 valence electrons. The average Bonchev–Trinajstić information content (AvgIpc) is 2.99. The quantitative estimate of drug-likeness (QED) is 0.614. The molecule has 4 nitrogen and oxygen atoms in total. The second-order valence-corrected chi connectivity index (χ2v) is 7.22. The Morgan fingerprint density at radius 2 is 1.45 bits per heavy atom. The van der Waals surface area contributed by atoms with Crippen molar-refractivity contribution in [1.82, 2.24) is 4.90 Å². The van der Waals surface area contributed by atoms with Crippen LogP contribution in [-0.2, 0) is 16.1 Å². The lowest BCUT2D eigenvalue weighted by atomic mass is 10.0. The van der Waals surface area contributed by atoms with Crippen LogP contribution in [0, 0.1) is 6.92 Å². The molecule has 0 spiro atoms. The van der Waals surface area contributed by atoms with Gasteiger partial charge in [-0.25, -0.2) is 4.90 Å². The summed E-state index contributed by atoms with van der Waals surface area (Å²) in [5.74, 6) is -0.584. The number of anilines is 1. The van der Waals surface area contributed by atoms with Crippen LogP contribution < -0.4 is 4.90 Å². The highest BCUT2D eigenvalue weighted by atomic mass is 16.2. The Kier molecular flexibility index (Phi) is 5.00. The van der Waals surface area contributed by atoms with Crippen molar-refractivity contribution in [3.63, 3.8) is 0 Å². The Morgan fingerprint density at radius 3 is 2.10 bits per heavy atom. The molecule has 0 N–H and O–H groups in total. The monoisotopic (exact) mass is 382 g/mol. The summed E-state index contributed by atoms with van der Waals surface area (Å²) in [5, 5.41) is 0. The first-order valence-corrected chi connectivity index (χ1v) is 9.56. The minimum absolute atomic E-state index is 0.290. The normalized spacial score (nSPS) is 13.9. The van der Waals surface area contributed by atoms with E-state index in [2.05, 4.69) is 0 Å². The smallest absolute Gasteiger partial charge is 0.282 e. The molecule has 3 aromatic carbocycles. The van der Waals surface area contributed by atoms with Gasteiger partial charge >= 0.3 is 0 Å². The van der Waals surface area contributed by atoms with E-state index in [0.29, 0.717) is 23.5 Å². The van der Waals surface area contributed by atoms with Crippen molar-refractivity contribution in [3.05, 3.63) is 107 Å². The highest BCUT2D eigenvalue weighted by Crippen LogP contribution is 2.35. The Morgan fingerprint density at radius 1 is 0.793 bits per heavy atom. The van der Waals surface area contributed by atoms with Crippen LogP contribution in [0.1, 0.15) is 16.7 Å². The van der Waals surface area contributed by atoms with E-state index in [1.54, 1.807) is 6.07 Å². The van der Waals surface area contributed by atoms with Gasteiger partial charge in [0.25, 0.3) is 11.8 Å².